The highest BCUT2D eigenvalue weighted by Crippen LogP contribution is 2.21. The molecule has 2 aromatic rings. The first-order valence-corrected chi connectivity index (χ1v) is 10.4. The van der Waals surface area contributed by atoms with Crippen LogP contribution in [0.15, 0.2) is 63.4 Å². The molecule has 0 aliphatic heterocycles. The lowest BCUT2D eigenvalue weighted by molar-refractivity contribution is -0.138. The number of hydrogen-bond acceptors (Lipinski definition) is 5. The number of rotatable bonds is 8. The van der Waals surface area contributed by atoms with Crippen LogP contribution >= 0.6 is 0 Å². The topological polar surface area (TPSA) is 88.1 Å². The maximum Gasteiger partial charge on any atom is 0.333 e. The molecule has 0 aliphatic carbocycles. The Hall–Kier alpha value is -3.13. The molecule has 2 rings (SSSR count). The van der Waals surface area contributed by atoms with Crippen molar-refractivity contribution in [2.24, 2.45) is 4.40 Å². The third-order valence-electron chi connectivity index (χ3n) is 3.75. The molecule has 0 bridgehead atoms. The number of esters is 1. The number of ether oxygens (including phenoxy) is 1. The van der Waals surface area contributed by atoms with E-state index in [1.807, 2.05) is 24.3 Å². The van der Waals surface area contributed by atoms with E-state index in [-0.39, 0.29) is 10.9 Å². The van der Waals surface area contributed by atoms with Crippen LogP contribution < -0.4 is 5.32 Å². The number of nitrogens with one attached hydrogen (secondary N) is 1. The Kier molecular flexibility index (Phi) is 7.55. The molecule has 0 saturated heterocycles. The summed E-state index contributed by atoms with van der Waals surface area (Å²) in [6.45, 7) is 3.82. The van der Waals surface area contributed by atoms with Crippen molar-refractivity contribution in [3.05, 3.63) is 59.7 Å². The van der Waals surface area contributed by atoms with E-state index in [0.29, 0.717) is 12.2 Å². The van der Waals surface area contributed by atoms with Crippen LogP contribution in [0.5, 0.6) is 0 Å². The molecule has 0 aromatic heterocycles. The Labute approximate surface area is 171 Å². The number of benzene rings is 2. The average molecular weight is 416 g/mol. The third-order valence-corrected chi connectivity index (χ3v) is 4.99. The van der Waals surface area contributed by atoms with Gasteiger partial charge in [-0.25, -0.2) is 4.79 Å². The molecule has 7 nitrogen and oxygen atoms in total. The average Bonchev–Trinajstić information content (AvgIpc) is 2.68. The first-order valence-electron chi connectivity index (χ1n) is 9.00. The van der Waals surface area contributed by atoms with Gasteiger partial charge in [-0.2, -0.15) is 8.42 Å². The van der Waals surface area contributed by atoms with Gasteiger partial charge < -0.3 is 15.0 Å². The second kappa shape index (κ2) is 9.88. The van der Waals surface area contributed by atoms with Crippen LogP contribution in [0, 0.1) is 0 Å². The minimum atomic E-state index is -3.72. The summed E-state index contributed by atoms with van der Waals surface area (Å²) in [5.41, 5.74) is 2.98. The Morgan fingerprint density at radius 3 is 2.14 bits per heavy atom. The molecule has 0 fully saturated rings. The van der Waals surface area contributed by atoms with Gasteiger partial charge in [-0.15, -0.1) is 4.40 Å². The minimum absolute atomic E-state index is 0.121. The Bertz CT molecular complexity index is 993. The molecule has 8 heteroatoms. The fraction of sp³-hybridized carbons (Fsp3) is 0.238. The van der Waals surface area contributed by atoms with E-state index in [4.69, 9.17) is 4.74 Å². The Morgan fingerprint density at radius 2 is 1.62 bits per heavy atom. The molecule has 1 N–H and O–H groups in total. The van der Waals surface area contributed by atoms with Crippen molar-refractivity contribution in [1.29, 1.82) is 0 Å². The summed E-state index contributed by atoms with van der Waals surface area (Å²) in [6.07, 6.45) is 3.01. The maximum absolute atomic E-state index is 12.1. The minimum Gasteiger partial charge on any atom is -0.463 e. The van der Waals surface area contributed by atoms with Crippen LogP contribution in [-0.4, -0.2) is 46.3 Å². The number of carbonyl (C=O) groups is 1. The molecule has 0 saturated carbocycles. The summed E-state index contributed by atoms with van der Waals surface area (Å²) in [5.74, 6) is -0.334. The van der Waals surface area contributed by atoms with Crippen LogP contribution in [0.25, 0.3) is 6.08 Å². The van der Waals surface area contributed by atoms with Crippen LogP contribution in [0.4, 0.5) is 11.4 Å². The van der Waals surface area contributed by atoms with Crippen LogP contribution in [0.1, 0.15) is 19.4 Å². The van der Waals surface area contributed by atoms with Crippen LogP contribution in [0.2, 0.25) is 0 Å². The van der Waals surface area contributed by atoms with Crippen LogP contribution in [0.3, 0.4) is 0 Å². The highest BCUT2D eigenvalue weighted by Gasteiger charge is 2.11. The van der Waals surface area contributed by atoms with E-state index in [2.05, 4.69) is 9.71 Å². The van der Waals surface area contributed by atoms with E-state index in [0.717, 1.165) is 16.9 Å². The molecule has 0 spiro atoms. The summed E-state index contributed by atoms with van der Waals surface area (Å²) >= 11 is 0. The molecule has 0 atom stereocenters. The Balaban J connectivity index is 2.07. The zero-order chi connectivity index (χ0) is 21.4. The quantitative estimate of drug-likeness (QED) is 0.306. The van der Waals surface area contributed by atoms with Gasteiger partial charge in [-0.05, 0) is 61.9 Å². The first kappa shape index (κ1) is 22.2. The fourth-order valence-electron chi connectivity index (χ4n) is 2.31. The summed E-state index contributed by atoms with van der Waals surface area (Å²) in [5, 5.41) is 3.20. The van der Waals surface area contributed by atoms with Gasteiger partial charge >= 0.3 is 5.97 Å². The predicted octanol–water partition coefficient (Wildman–Crippen LogP) is 3.68. The standard InChI is InChI=1S/C21H25N3O4S/c1-5-28-21(25)16(2)14-17-6-8-18(9-7-17)23-19-10-12-20(13-11-19)29(26,27)22-15-24(3)4/h6-15,23H,5H2,1-4H3. The van der Waals surface area contributed by atoms with E-state index in [9.17, 15) is 13.2 Å². The van der Waals surface area contributed by atoms with Gasteiger partial charge in [-0.1, -0.05) is 12.1 Å². The summed E-state index contributed by atoms with van der Waals surface area (Å²) < 4.78 is 32.9. The smallest absolute Gasteiger partial charge is 0.333 e. The number of anilines is 2. The van der Waals surface area contributed by atoms with Crippen molar-refractivity contribution in [3.63, 3.8) is 0 Å². The lowest BCUT2D eigenvalue weighted by atomic mass is 10.1. The van der Waals surface area contributed by atoms with Crippen molar-refractivity contribution in [1.82, 2.24) is 4.90 Å². The highest BCUT2D eigenvalue weighted by atomic mass is 32.2. The highest BCUT2D eigenvalue weighted by molar-refractivity contribution is 7.90. The van der Waals surface area contributed by atoms with Crippen LogP contribution in [-0.2, 0) is 19.6 Å². The second-order valence-electron chi connectivity index (χ2n) is 6.48. The van der Waals surface area contributed by atoms with Crippen molar-refractivity contribution < 1.29 is 17.9 Å². The fourth-order valence-corrected chi connectivity index (χ4v) is 3.23. The van der Waals surface area contributed by atoms with Crippen molar-refractivity contribution in [2.75, 3.05) is 26.0 Å². The van der Waals surface area contributed by atoms with Gasteiger partial charge in [0.1, 0.15) is 6.34 Å². The molecule has 29 heavy (non-hydrogen) atoms. The summed E-state index contributed by atoms with van der Waals surface area (Å²) in [7, 11) is -0.318. The zero-order valence-corrected chi connectivity index (χ0v) is 17.7. The molecule has 0 aliphatic rings. The van der Waals surface area contributed by atoms with Gasteiger partial charge in [0.25, 0.3) is 10.0 Å². The largest absolute Gasteiger partial charge is 0.463 e. The number of carbonyl (C=O) groups excluding carboxylic acids is 1. The molecule has 154 valence electrons. The normalized spacial score (nSPS) is 12.1. The molecular formula is C21H25N3O4S. The van der Waals surface area contributed by atoms with Gasteiger partial charge in [0.2, 0.25) is 0 Å². The zero-order valence-electron chi connectivity index (χ0n) is 16.9. The number of nitrogens with zero attached hydrogens (tertiary/aromatic N) is 2. The van der Waals surface area contributed by atoms with E-state index in [1.165, 1.54) is 18.5 Å². The monoisotopic (exact) mass is 415 g/mol. The molecule has 0 radical (unpaired) electrons. The number of sulfonamides is 1. The van der Waals surface area contributed by atoms with Gasteiger partial charge in [0, 0.05) is 31.0 Å². The third kappa shape index (κ3) is 6.76. The van der Waals surface area contributed by atoms with E-state index >= 15 is 0 Å². The Morgan fingerprint density at radius 1 is 1.07 bits per heavy atom. The number of hydrogen-bond donors (Lipinski definition) is 1. The molecule has 2 aromatic carbocycles. The summed E-state index contributed by atoms with van der Waals surface area (Å²) in [6, 6.07) is 13.9. The molecule has 0 amide bonds. The van der Waals surface area contributed by atoms with Gasteiger partial charge in [-0.3, -0.25) is 0 Å². The van der Waals surface area contributed by atoms with Crippen molar-refractivity contribution in [3.8, 4) is 0 Å². The van der Waals surface area contributed by atoms with Gasteiger partial charge in [0.05, 0.1) is 11.5 Å². The second-order valence-corrected chi connectivity index (χ2v) is 8.11. The maximum atomic E-state index is 12.1. The lowest BCUT2D eigenvalue weighted by Gasteiger charge is -2.08. The van der Waals surface area contributed by atoms with Gasteiger partial charge in [0.15, 0.2) is 0 Å². The van der Waals surface area contributed by atoms with Crippen molar-refractivity contribution in [2.45, 2.75) is 18.7 Å². The molecule has 0 unspecified atom stereocenters. The van der Waals surface area contributed by atoms with E-state index < -0.39 is 10.0 Å². The molecular weight excluding hydrogens is 390 g/mol. The van der Waals surface area contributed by atoms with E-state index in [1.54, 1.807) is 51.1 Å². The first-order chi connectivity index (χ1) is 13.7. The summed E-state index contributed by atoms with van der Waals surface area (Å²) in [4.78, 5) is 13.3. The SMILES string of the molecule is CCOC(=O)C(C)=Cc1ccc(Nc2ccc(S(=O)(=O)N=CN(C)C)cc2)cc1. The predicted molar refractivity (Wildman–Crippen MR) is 116 cm³/mol. The lowest BCUT2D eigenvalue weighted by Crippen LogP contribution is -2.10. The molecule has 0 heterocycles. The van der Waals surface area contributed by atoms with Crippen molar-refractivity contribution >= 4 is 39.8 Å².